The molecule has 1 atom stereocenters. The Kier molecular flexibility index (Phi) is 6.41. The summed E-state index contributed by atoms with van der Waals surface area (Å²) in [5.41, 5.74) is 5.67. The fourth-order valence-electron chi connectivity index (χ4n) is 3.14. The molecule has 0 aromatic heterocycles. The number of amides is 3. The van der Waals surface area contributed by atoms with Crippen LogP contribution in [0.25, 0.3) is 0 Å². The van der Waals surface area contributed by atoms with Crippen molar-refractivity contribution in [3.8, 4) is 17.2 Å². The number of hydrazine groups is 1. The largest absolute Gasteiger partial charge is 0.497 e. The maximum absolute atomic E-state index is 12.5. The van der Waals surface area contributed by atoms with Crippen molar-refractivity contribution < 1.29 is 28.6 Å². The van der Waals surface area contributed by atoms with Crippen LogP contribution in [0.15, 0.2) is 42.5 Å². The molecule has 158 valence electrons. The van der Waals surface area contributed by atoms with E-state index in [1.54, 1.807) is 37.4 Å². The standard InChI is InChI=1S/C21H23N3O6/c1-28-16-6-4-5-15(10-16)24-12-14(9-19(24)25)21(27)23-22-20(26)13-7-17(29-2)11-18(8-13)30-3/h4-8,10-11,14H,9,12H2,1-3H3,(H,22,26)(H,23,27). The van der Waals surface area contributed by atoms with Crippen LogP contribution in [0.4, 0.5) is 5.69 Å². The molecular formula is C21H23N3O6. The van der Waals surface area contributed by atoms with Crippen molar-refractivity contribution in [3.63, 3.8) is 0 Å². The fraction of sp³-hybridized carbons (Fsp3) is 0.286. The molecule has 2 N–H and O–H groups in total. The van der Waals surface area contributed by atoms with E-state index >= 15 is 0 Å². The Bertz CT molecular complexity index is 939. The molecule has 1 saturated heterocycles. The van der Waals surface area contributed by atoms with Crippen molar-refractivity contribution >= 4 is 23.4 Å². The van der Waals surface area contributed by atoms with Crippen molar-refractivity contribution in [2.24, 2.45) is 5.92 Å². The quantitative estimate of drug-likeness (QED) is 0.696. The molecule has 9 nitrogen and oxygen atoms in total. The van der Waals surface area contributed by atoms with Gasteiger partial charge in [0.15, 0.2) is 0 Å². The number of methoxy groups -OCH3 is 3. The SMILES string of the molecule is COc1cc(OC)cc(C(=O)NNC(=O)C2CC(=O)N(c3cccc(OC)c3)C2)c1. The van der Waals surface area contributed by atoms with Crippen molar-refractivity contribution in [2.75, 3.05) is 32.8 Å². The Hall–Kier alpha value is -3.75. The topological polar surface area (TPSA) is 106 Å². The maximum atomic E-state index is 12.5. The van der Waals surface area contributed by atoms with Gasteiger partial charge in [0.1, 0.15) is 17.2 Å². The lowest BCUT2D eigenvalue weighted by Gasteiger charge is -2.17. The van der Waals surface area contributed by atoms with Gasteiger partial charge in [-0.05, 0) is 24.3 Å². The number of hydrogen-bond donors (Lipinski definition) is 2. The highest BCUT2D eigenvalue weighted by Crippen LogP contribution is 2.28. The molecule has 2 aromatic rings. The van der Waals surface area contributed by atoms with E-state index in [1.807, 2.05) is 0 Å². The number of nitrogens with one attached hydrogen (secondary N) is 2. The Labute approximate surface area is 173 Å². The Morgan fingerprint density at radius 1 is 0.933 bits per heavy atom. The molecule has 9 heteroatoms. The van der Waals surface area contributed by atoms with Gasteiger partial charge in [0, 0.05) is 36.3 Å². The number of benzene rings is 2. The predicted molar refractivity (Wildman–Crippen MR) is 109 cm³/mol. The minimum Gasteiger partial charge on any atom is -0.497 e. The van der Waals surface area contributed by atoms with Gasteiger partial charge in [-0.15, -0.1) is 0 Å². The maximum Gasteiger partial charge on any atom is 0.269 e. The molecule has 2 aromatic carbocycles. The van der Waals surface area contributed by atoms with Crippen LogP contribution in [0.3, 0.4) is 0 Å². The zero-order valence-electron chi connectivity index (χ0n) is 16.9. The van der Waals surface area contributed by atoms with Crippen LogP contribution in [0.5, 0.6) is 17.2 Å². The summed E-state index contributed by atoms with van der Waals surface area (Å²) in [5.74, 6) is -0.237. The van der Waals surface area contributed by atoms with Gasteiger partial charge in [-0.3, -0.25) is 25.2 Å². The first-order valence-electron chi connectivity index (χ1n) is 9.23. The van der Waals surface area contributed by atoms with Gasteiger partial charge >= 0.3 is 0 Å². The summed E-state index contributed by atoms with van der Waals surface area (Å²) in [7, 11) is 4.49. The Balaban J connectivity index is 1.61. The van der Waals surface area contributed by atoms with Crippen molar-refractivity contribution in [1.29, 1.82) is 0 Å². The highest BCUT2D eigenvalue weighted by Gasteiger charge is 2.35. The van der Waals surface area contributed by atoms with Crippen LogP contribution in [0.1, 0.15) is 16.8 Å². The summed E-state index contributed by atoms with van der Waals surface area (Å²) in [4.78, 5) is 38.8. The number of rotatable bonds is 6. The molecule has 0 bridgehead atoms. The predicted octanol–water partition coefficient (Wildman–Crippen LogP) is 1.53. The third-order valence-corrected chi connectivity index (χ3v) is 4.77. The van der Waals surface area contributed by atoms with Crippen LogP contribution in [0, 0.1) is 5.92 Å². The zero-order valence-corrected chi connectivity index (χ0v) is 16.9. The molecule has 1 unspecified atom stereocenters. The number of carbonyl (C=O) groups is 3. The fourth-order valence-corrected chi connectivity index (χ4v) is 3.14. The molecular weight excluding hydrogens is 390 g/mol. The highest BCUT2D eigenvalue weighted by atomic mass is 16.5. The van der Waals surface area contributed by atoms with Gasteiger partial charge in [0.25, 0.3) is 5.91 Å². The summed E-state index contributed by atoms with van der Waals surface area (Å²) in [5, 5.41) is 0. The molecule has 0 radical (unpaired) electrons. The van der Waals surface area contributed by atoms with E-state index in [-0.39, 0.29) is 24.4 Å². The summed E-state index contributed by atoms with van der Waals surface area (Å²) in [6.45, 7) is 0.209. The lowest BCUT2D eigenvalue weighted by atomic mass is 10.1. The molecule has 3 rings (SSSR count). The molecule has 1 fully saturated rings. The lowest BCUT2D eigenvalue weighted by Crippen LogP contribution is -2.45. The van der Waals surface area contributed by atoms with Crippen molar-refractivity contribution in [2.45, 2.75) is 6.42 Å². The highest BCUT2D eigenvalue weighted by molar-refractivity contribution is 6.01. The minimum atomic E-state index is -0.594. The Morgan fingerprint density at radius 3 is 2.23 bits per heavy atom. The smallest absolute Gasteiger partial charge is 0.269 e. The monoisotopic (exact) mass is 413 g/mol. The second-order valence-electron chi connectivity index (χ2n) is 6.65. The van der Waals surface area contributed by atoms with Gasteiger partial charge < -0.3 is 19.1 Å². The van der Waals surface area contributed by atoms with Crippen LogP contribution in [0.2, 0.25) is 0 Å². The summed E-state index contributed by atoms with van der Waals surface area (Å²) >= 11 is 0. The van der Waals surface area contributed by atoms with Crippen LogP contribution < -0.4 is 30.0 Å². The normalized spacial score (nSPS) is 15.5. The number of anilines is 1. The van der Waals surface area contributed by atoms with E-state index in [9.17, 15) is 14.4 Å². The molecule has 1 aliphatic heterocycles. The van der Waals surface area contributed by atoms with Crippen LogP contribution in [-0.2, 0) is 9.59 Å². The third kappa shape index (κ3) is 4.62. The molecule has 0 spiro atoms. The van der Waals surface area contributed by atoms with Crippen molar-refractivity contribution in [3.05, 3.63) is 48.0 Å². The van der Waals surface area contributed by atoms with E-state index in [4.69, 9.17) is 14.2 Å². The van der Waals surface area contributed by atoms with Gasteiger partial charge in [-0.2, -0.15) is 0 Å². The summed E-state index contributed by atoms with van der Waals surface area (Å²) in [6.07, 6.45) is 0.0475. The number of carbonyl (C=O) groups excluding carboxylic acids is 3. The molecule has 1 heterocycles. The van der Waals surface area contributed by atoms with E-state index in [1.165, 1.54) is 31.3 Å². The minimum absolute atomic E-state index is 0.0475. The first-order chi connectivity index (χ1) is 14.4. The summed E-state index contributed by atoms with van der Waals surface area (Å²) < 4.78 is 15.5. The molecule has 0 aliphatic carbocycles. The second kappa shape index (κ2) is 9.17. The molecule has 3 amide bonds. The number of nitrogens with zero attached hydrogens (tertiary/aromatic N) is 1. The average molecular weight is 413 g/mol. The first kappa shape index (κ1) is 21.0. The summed E-state index contributed by atoms with van der Waals surface area (Å²) in [6, 6.07) is 11.7. The van der Waals surface area contributed by atoms with Crippen LogP contribution in [-0.4, -0.2) is 45.6 Å². The second-order valence-corrected chi connectivity index (χ2v) is 6.65. The van der Waals surface area contributed by atoms with E-state index in [0.717, 1.165) is 0 Å². The third-order valence-electron chi connectivity index (χ3n) is 4.77. The van der Waals surface area contributed by atoms with E-state index in [2.05, 4.69) is 10.9 Å². The van der Waals surface area contributed by atoms with Gasteiger partial charge in [-0.1, -0.05) is 6.07 Å². The van der Waals surface area contributed by atoms with Gasteiger partial charge in [0.05, 0.1) is 27.2 Å². The van der Waals surface area contributed by atoms with Crippen LogP contribution >= 0.6 is 0 Å². The van der Waals surface area contributed by atoms with E-state index in [0.29, 0.717) is 22.9 Å². The van der Waals surface area contributed by atoms with E-state index < -0.39 is 17.7 Å². The number of ether oxygens (including phenoxy) is 3. The Morgan fingerprint density at radius 2 is 1.60 bits per heavy atom. The number of hydrogen-bond acceptors (Lipinski definition) is 6. The molecule has 0 saturated carbocycles. The first-order valence-corrected chi connectivity index (χ1v) is 9.23. The zero-order chi connectivity index (χ0) is 21.7. The molecule has 30 heavy (non-hydrogen) atoms. The van der Waals surface area contributed by atoms with Crippen molar-refractivity contribution in [1.82, 2.24) is 10.9 Å². The lowest BCUT2D eigenvalue weighted by molar-refractivity contribution is -0.126. The average Bonchev–Trinajstić information content (AvgIpc) is 3.18. The van der Waals surface area contributed by atoms with Gasteiger partial charge in [0.2, 0.25) is 11.8 Å². The van der Waals surface area contributed by atoms with Gasteiger partial charge in [-0.25, -0.2) is 0 Å². The molecule has 1 aliphatic rings.